The number of carbonyl (C=O) groups is 3. The number of hydrogen-bond acceptors (Lipinski definition) is 5. The molecule has 2 atom stereocenters. The fraction of sp³-hybridized carbons (Fsp3) is 0.375. The van der Waals surface area contributed by atoms with Gasteiger partial charge < -0.3 is 25.2 Å². The first kappa shape index (κ1) is 23.3. The fourth-order valence-electron chi connectivity index (χ4n) is 3.91. The number of aliphatic carboxylic acids is 1. The maximum Gasteiger partial charge on any atom is 0.407 e. The average molecular weight is 440 g/mol. The molecule has 0 heterocycles. The zero-order valence-electron chi connectivity index (χ0n) is 18.2. The van der Waals surface area contributed by atoms with Crippen LogP contribution in [0.4, 0.5) is 4.79 Å². The number of rotatable bonds is 10. The van der Waals surface area contributed by atoms with E-state index in [2.05, 4.69) is 22.8 Å². The molecule has 3 N–H and O–H groups in total. The number of fused-ring (bicyclic) bond motifs is 3. The van der Waals surface area contributed by atoms with Crippen molar-refractivity contribution < 1.29 is 29.0 Å². The molecule has 8 nitrogen and oxygen atoms in total. The van der Waals surface area contributed by atoms with Crippen LogP contribution in [0.15, 0.2) is 48.5 Å². The Morgan fingerprint density at radius 3 is 2.16 bits per heavy atom. The van der Waals surface area contributed by atoms with Crippen LogP contribution in [0, 0.1) is 0 Å². The zero-order valence-corrected chi connectivity index (χ0v) is 18.2. The number of carboxylic acid groups (broad SMARTS) is 1. The third kappa shape index (κ3) is 5.45. The molecule has 0 spiro atoms. The highest BCUT2D eigenvalue weighted by atomic mass is 16.5. The van der Waals surface area contributed by atoms with Crippen molar-refractivity contribution in [2.75, 3.05) is 20.3 Å². The molecule has 32 heavy (non-hydrogen) atoms. The predicted octanol–water partition coefficient (Wildman–Crippen LogP) is 2.91. The van der Waals surface area contributed by atoms with E-state index in [-0.39, 0.29) is 25.5 Å². The number of nitrogens with one attached hydrogen (secondary N) is 2. The molecule has 3 rings (SSSR count). The summed E-state index contributed by atoms with van der Waals surface area (Å²) in [4.78, 5) is 35.5. The van der Waals surface area contributed by atoms with Crippen molar-refractivity contribution >= 4 is 18.0 Å². The van der Waals surface area contributed by atoms with Crippen LogP contribution in [0.2, 0.25) is 0 Å². The molecule has 8 heteroatoms. The van der Waals surface area contributed by atoms with Crippen molar-refractivity contribution in [3.05, 3.63) is 59.7 Å². The first-order chi connectivity index (χ1) is 15.4. The van der Waals surface area contributed by atoms with E-state index in [0.717, 1.165) is 22.3 Å². The number of amides is 2. The van der Waals surface area contributed by atoms with Crippen LogP contribution in [-0.4, -0.2) is 55.5 Å². The Hall–Kier alpha value is -3.39. The second kappa shape index (κ2) is 10.8. The van der Waals surface area contributed by atoms with Gasteiger partial charge in [-0.15, -0.1) is 0 Å². The van der Waals surface area contributed by atoms with Crippen molar-refractivity contribution in [1.29, 1.82) is 0 Å². The molecular weight excluding hydrogens is 412 g/mol. The van der Waals surface area contributed by atoms with Gasteiger partial charge in [0.1, 0.15) is 6.61 Å². The summed E-state index contributed by atoms with van der Waals surface area (Å²) in [5.41, 5.74) is 4.50. The lowest BCUT2D eigenvalue weighted by Crippen LogP contribution is -2.47. The van der Waals surface area contributed by atoms with E-state index in [1.807, 2.05) is 36.4 Å². The minimum Gasteiger partial charge on any atom is -0.481 e. The summed E-state index contributed by atoms with van der Waals surface area (Å²) in [6.07, 6.45) is -1.33. The number of carboxylic acids is 1. The van der Waals surface area contributed by atoms with Gasteiger partial charge in [0, 0.05) is 19.1 Å². The van der Waals surface area contributed by atoms with E-state index in [4.69, 9.17) is 14.6 Å². The largest absolute Gasteiger partial charge is 0.481 e. The van der Waals surface area contributed by atoms with Crippen molar-refractivity contribution in [1.82, 2.24) is 10.6 Å². The summed E-state index contributed by atoms with van der Waals surface area (Å²) in [5.74, 6) is -1.54. The first-order valence-electron chi connectivity index (χ1n) is 10.6. The Kier molecular flexibility index (Phi) is 7.83. The van der Waals surface area contributed by atoms with E-state index in [0.29, 0.717) is 6.42 Å². The molecule has 0 bridgehead atoms. The normalized spacial score (nSPS) is 14.1. The summed E-state index contributed by atoms with van der Waals surface area (Å²) in [7, 11) is 1.35. The average Bonchev–Trinajstić information content (AvgIpc) is 3.11. The number of carbonyl (C=O) groups excluding carboxylic acids is 2. The Balaban J connectivity index is 1.54. The molecule has 1 aliphatic carbocycles. The van der Waals surface area contributed by atoms with Gasteiger partial charge in [-0.25, -0.2) is 4.79 Å². The van der Waals surface area contributed by atoms with Crippen LogP contribution in [0.25, 0.3) is 11.1 Å². The minimum absolute atomic E-state index is 0.0593. The van der Waals surface area contributed by atoms with Crippen LogP contribution in [-0.2, 0) is 19.1 Å². The summed E-state index contributed by atoms with van der Waals surface area (Å²) >= 11 is 0. The van der Waals surface area contributed by atoms with Gasteiger partial charge in [0.15, 0.2) is 6.10 Å². The summed E-state index contributed by atoms with van der Waals surface area (Å²) < 4.78 is 10.6. The van der Waals surface area contributed by atoms with E-state index in [1.54, 1.807) is 6.92 Å². The SMILES string of the molecule is CC[C@H](CC(=O)O)NC(=O)C(CNC(=O)OCC1c2ccccc2-c2ccccc21)OC. The van der Waals surface area contributed by atoms with Crippen LogP contribution in [0.1, 0.15) is 36.8 Å². The highest BCUT2D eigenvalue weighted by Crippen LogP contribution is 2.44. The third-order valence-corrected chi connectivity index (χ3v) is 5.61. The van der Waals surface area contributed by atoms with E-state index in [9.17, 15) is 14.4 Å². The fourth-order valence-corrected chi connectivity index (χ4v) is 3.91. The van der Waals surface area contributed by atoms with Gasteiger partial charge in [-0.1, -0.05) is 55.5 Å². The maximum absolute atomic E-state index is 12.4. The number of methoxy groups -OCH3 is 1. The first-order valence-corrected chi connectivity index (χ1v) is 10.6. The lowest BCUT2D eigenvalue weighted by Gasteiger charge is -2.20. The lowest BCUT2D eigenvalue weighted by molar-refractivity contribution is -0.138. The standard InChI is InChI=1S/C24H28N2O6/c1-3-15(12-22(27)28)26-23(29)21(31-2)13-25-24(30)32-14-20-18-10-6-4-8-16(18)17-9-5-7-11-19(17)20/h4-11,15,20-21H,3,12-14H2,1-2H3,(H,25,30)(H,26,29)(H,27,28)/t15-,21?/m1/s1. The highest BCUT2D eigenvalue weighted by molar-refractivity contribution is 5.83. The second-order valence-electron chi connectivity index (χ2n) is 7.64. The number of hydrogen-bond donors (Lipinski definition) is 3. The van der Waals surface area contributed by atoms with Crippen molar-refractivity contribution in [2.45, 2.75) is 37.8 Å². The molecule has 0 saturated heterocycles. The monoisotopic (exact) mass is 440 g/mol. The van der Waals surface area contributed by atoms with Crippen LogP contribution in [0.3, 0.4) is 0 Å². The van der Waals surface area contributed by atoms with Crippen LogP contribution in [0.5, 0.6) is 0 Å². The number of benzene rings is 2. The predicted molar refractivity (Wildman–Crippen MR) is 118 cm³/mol. The highest BCUT2D eigenvalue weighted by Gasteiger charge is 2.29. The van der Waals surface area contributed by atoms with Gasteiger partial charge in [0.2, 0.25) is 0 Å². The zero-order chi connectivity index (χ0) is 23.1. The van der Waals surface area contributed by atoms with Crippen molar-refractivity contribution in [2.24, 2.45) is 0 Å². The minimum atomic E-state index is -0.997. The summed E-state index contributed by atoms with van der Waals surface area (Å²) in [6, 6.07) is 15.6. The molecular formula is C24H28N2O6. The molecule has 0 aromatic heterocycles. The van der Waals surface area contributed by atoms with Gasteiger partial charge in [-0.05, 0) is 28.7 Å². The Morgan fingerprint density at radius 1 is 1.03 bits per heavy atom. The number of alkyl carbamates (subject to hydrolysis) is 1. The van der Waals surface area contributed by atoms with Gasteiger partial charge in [-0.3, -0.25) is 9.59 Å². The lowest BCUT2D eigenvalue weighted by atomic mass is 9.98. The molecule has 0 fully saturated rings. The molecule has 1 unspecified atom stereocenters. The van der Waals surface area contributed by atoms with E-state index >= 15 is 0 Å². The molecule has 2 amide bonds. The van der Waals surface area contributed by atoms with E-state index < -0.39 is 30.1 Å². The van der Waals surface area contributed by atoms with E-state index in [1.165, 1.54) is 7.11 Å². The van der Waals surface area contributed by atoms with Gasteiger partial charge in [0.05, 0.1) is 13.0 Å². The van der Waals surface area contributed by atoms with Crippen LogP contribution >= 0.6 is 0 Å². The van der Waals surface area contributed by atoms with Crippen LogP contribution < -0.4 is 10.6 Å². The maximum atomic E-state index is 12.4. The number of ether oxygens (including phenoxy) is 2. The molecule has 0 radical (unpaired) electrons. The molecule has 0 aliphatic heterocycles. The van der Waals surface area contributed by atoms with Gasteiger partial charge >= 0.3 is 12.1 Å². The van der Waals surface area contributed by atoms with Crippen molar-refractivity contribution in [3.63, 3.8) is 0 Å². The second-order valence-corrected chi connectivity index (χ2v) is 7.64. The topological polar surface area (TPSA) is 114 Å². The Labute approximate surface area is 186 Å². The quantitative estimate of drug-likeness (QED) is 0.524. The Bertz CT molecular complexity index is 931. The molecule has 2 aromatic rings. The molecule has 0 saturated carbocycles. The molecule has 170 valence electrons. The summed E-state index contributed by atoms with van der Waals surface area (Å²) in [5, 5.41) is 14.1. The van der Waals surface area contributed by atoms with Gasteiger partial charge in [-0.2, -0.15) is 0 Å². The smallest absolute Gasteiger partial charge is 0.407 e. The third-order valence-electron chi connectivity index (χ3n) is 5.61. The van der Waals surface area contributed by atoms with Crippen molar-refractivity contribution in [3.8, 4) is 11.1 Å². The summed E-state index contributed by atoms with van der Waals surface area (Å²) in [6.45, 7) is 1.85. The molecule has 1 aliphatic rings. The molecule has 2 aromatic carbocycles. The Morgan fingerprint density at radius 2 is 1.62 bits per heavy atom. The van der Waals surface area contributed by atoms with Gasteiger partial charge in [0.25, 0.3) is 5.91 Å².